The van der Waals surface area contributed by atoms with Crippen LogP contribution >= 0.6 is 0 Å². The topological polar surface area (TPSA) is 20.2 Å². The summed E-state index contributed by atoms with van der Waals surface area (Å²) >= 11 is 0. The number of quaternary nitrogens is 1. The summed E-state index contributed by atoms with van der Waals surface area (Å²) in [6.07, 6.45) is 3.23. The lowest BCUT2D eigenvalue weighted by Gasteiger charge is -2.29. The summed E-state index contributed by atoms with van der Waals surface area (Å²) in [6, 6.07) is 19.4. The van der Waals surface area contributed by atoms with Gasteiger partial charge >= 0.3 is 0 Å². The smallest absolute Gasteiger partial charge is 0.176 e. The van der Waals surface area contributed by atoms with Gasteiger partial charge in [-0.25, -0.2) is 0 Å². The van der Waals surface area contributed by atoms with Gasteiger partial charge in [-0.3, -0.25) is 0 Å². The predicted molar refractivity (Wildman–Crippen MR) is 105 cm³/mol. The van der Waals surface area contributed by atoms with Crippen molar-refractivity contribution < 1.29 is 9.59 Å². The van der Waals surface area contributed by atoms with E-state index in [0.717, 1.165) is 28.6 Å². The van der Waals surface area contributed by atoms with E-state index in [4.69, 9.17) is 0 Å². The van der Waals surface area contributed by atoms with E-state index in [1.807, 2.05) is 60.7 Å². The molecule has 0 aliphatic carbocycles. The summed E-state index contributed by atoms with van der Waals surface area (Å²) in [5, 5.41) is 11.3. The Labute approximate surface area is 152 Å². The average Bonchev–Trinajstić information content (AvgIpc) is 2.65. The first kappa shape index (κ1) is 19.2. The van der Waals surface area contributed by atoms with E-state index in [2.05, 4.69) is 32.9 Å². The van der Waals surface area contributed by atoms with E-state index < -0.39 is 5.60 Å². The molecule has 2 heteroatoms. The first-order chi connectivity index (χ1) is 12.0. The van der Waals surface area contributed by atoms with Gasteiger partial charge in [-0.15, -0.1) is 0 Å². The molecule has 0 aliphatic heterocycles. The van der Waals surface area contributed by atoms with Crippen molar-refractivity contribution >= 4 is 0 Å². The quantitative estimate of drug-likeness (QED) is 0.594. The van der Waals surface area contributed by atoms with Crippen LogP contribution in [0, 0.1) is 11.8 Å². The Morgan fingerprint density at radius 2 is 1.40 bits per heavy atom. The van der Waals surface area contributed by atoms with Crippen LogP contribution in [0.25, 0.3) is 0 Å². The summed E-state index contributed by atoms with van der Waals surface area (Å²) in [5.74, 6) is 6.39. The van der Waals surface area contributed by atoms with Crippen LogP contribution in [0.5, 0.6) is 0 Å². The van der Waals surface area contributed by atoms with Crippen LogP contribution in [0.1, 0.15) is 37.3 Å². The average molecular weight is 336 g/mol. The zero-order chi connectivity index (χ0) is 18.2. The number of hydrogen-bond acceptors (Lipinski definition) is 1. The van der Waals surface area contributed by atoms with Crippen molar-refractivity contribution in [3.05, 3.63) is 71.8 Å². The van der Waals surface area contributed by atoms with Crippen molar-refractivity contribution in [1.29, 1.82) is 0 Å². The highest BCUT2D eigenvalue weighted by Gasteiger charge is 2.29. The fourth-order valence-electron chi connectivity index (χ4n) is 2.92. The van der Waals surface area contributed by atoms with E-state index in [9.17, 15) is 5.11 Å². The number of aliphatic hydroxyl groups is 1. The minimum absolute atomic E-state index is 0.776. The Hall–Kier alpha value is -2.08. The third kappa shape index (κ3) is 5.46. The molecule has 2 rings (SSSR count). The first-order valence-electron chi connectivity index (χ1n) is 9.13. The fourth-order valence-corrected chi connectivity index (χ4v) is 2.92. The Morgan fingerprint density at radius 1 is 0.880 bits per heavy atom. The number of benzene rings is 2. The molecule has 25 heavy (non-hydrogen) atoms. The van der Waals surface area contributed by atoms with E-state index >= 15 is 0 Å². The summed E-state index contributed by atoms with van der Waals surface area (Å²) in [4.78, 5) is 0. The number of rotatable bonds is 7. The van der Waals surface area contributed by atoms with Crippen LogP contribution in [0.2, 0.25) is 0 Å². The largest absolute Gasteiger partial charge is 0.369 e. The Balaban J connectivity index is 2.19. The van der Waals surface area contributed by atoms with Gasteiger partial charge in [0.05, 0.1) is 33.6 Å². The van der Waals surface area contributed by atoms with Crippen LogP contribution in [0.15, 0.2) is 60.7 Å². The monoisotopic (exact) mass is 336 g/mol. The zero-order valence-corrected chi connectivity index (χ0v) is 15.7. The minimum atomic E-state index is -1.26. The van der Waals surface area contributed by atoms with E-state index in [-0.39, 0.29) is 0 Å². The van der Waals surface area contributed by atoms with Gasteiger partial charge in [-0.05, 0) is 6.42 Å². The summed E-state index contributed by atoms with van der Waals surface area (Å²) < 4.78 is 0.970. The van der Waals surface area contributed by atoms with Gasteiger partial charge in [0.25, 0.3) is 0 Å². The Morgan fingerprint density at radius 3 is 1.88 bits per heavy atom. The highest BCUT2D eigenvalue weighted by molar-refractivity contribution is 5.44. The van der Waals surface area contributed by atoms with Crippen molar-refractivity contribution in [1.82, 2.24) is 0 Å². The van der Waals surface area contributed by atoms with E-state index in [1.165, 1.54) is 19.4 Å². The second-order valence-corrected chi connectivity index (χ2v) is 7.23. The first-order valence-corrected chi connectivity index (χ1v) is 9.13. The van der Waals surface area contributed by atoms with Crippen LogP contribution < -0.4 is 0 Å². The maximum absolute atomic E-state index is 11.3. The zero-order valence-electron chi connectivity index (χ0n) is 15.7. The van der Waals surface area contributed by atoms with Crippen molar-refractivity contribution in [2.24, 2.45) is 0 Å². The van der Waals surface area contributed by atoms with Gasteiger partial charge in [0.2, 0.25) is 0 Å². The number of unbranched alkanes of at least 4 members (excludes halogenated alkanes) is 1. The lowest BCUT2D eigenvalue weighted by Crippen LogP contribution is -2.41. The van der Waals surface area contributed by atoms with E-state index in [1.54, 1.807) is 0 Å². The Kier molecular flexibility index (Phi) is 6.82. The van der Waals surface area contributed by atoms with Gasteiger partial charge in [-0.1, -0.05) is 85.8 Å². The summed E-state index contributed by atoms with van der Waals surface area (Å²) in [6.45, 7) is 4.38. The molecule has 1 N–H and O–H groups in total. The van der Waals surface area contributed by atoms with Crippen LogP contribution in [0.4, 0.5) is 0 Å². The molecule has 2 aromatic carbocycles. The second-order valence-electron chi connectivity index (χ2n) is 7.23. The molecule has 0 fully saturated rings. The van der Waals surface area contributed by atoms with Crippen molar-refractivity contribution in [2.45, 2.75) is 31.8 Å². The molecule has 0 aliphatic rings. The molecule has 132 valence electrons. The number of nitrogens with zero attached hydrogens (tertiary/aromatic N) is 1. The van der Waals surface area contributed by atoms with Gasteiger partial charge in [0.15, 0.2) is 5.60 Å². The molecule has 0 aromatic heterocycles. The van der Waals surface area contributed by atoms with Gasteiger partial charge in [0.1, 0.15) is 0 Å². The molecule has 0 heterocycles. The SMILES string of the molecule is CCCC[N+](C)(C)CCC#CC(O)(c1ccccc1)c1ccccc1. The molecule has 0 bridgehead atoms. The molecule has 0 amide bonds. The molecule has 0 saturated heterocycles. The second kappa shape index (κ2) is 8.85. The highest BCUT2D eigenvalue weighted by Crippen LogP contribution is 2.28. The van der Waals surface area contributed by atoms with Gasteiger partial charge < -0.3 is 9.59 Å². The summed E-state index contributed by atoms with van der Waals surface area (Å²) in [7, 11) is 4.50. The van der Waals surface area contributed by atoms with Crippen LogP contribution in [0.3, 0.4) is 0 Å². The molecule has 0 radical (unpaired) electrons. The fraction of sp³-hybridized carbons (Fsp3) is 0.391. The predicted octanol–water partition coefficient (Wildman–Crippen LogP) is 4.19. The molecule has 0 saturated carbocycles. The van der Waals surface area contributed by atoms with Crippen molar-refractivity contribution in [3.63, 3.8) is 0 Å². The molecule has 0 spiro atoms. The maximum Gasteiger partial charge on any atom is 0.176 e. The third-order valence-electron chi connectivity index (χ3n) is 4.61. The summed E-state index contributed by atoms with van der Waals surface area (Å²) in [5.41, 5.74) is 0.366. The van der Waals surface area contributed by atoms with Crippen molar-refractivity contribution in [2.75, 3.05) is 27.2 Å². The minimum Gasteiger partial charge on any atom is -0.369 e. The highest BCUT2D eigenvalue weighted by atomic mass is 16.3. The standard InChI is InChI=1S/C23H30NO/c1-4-5-19-24(2,3)20-13-12-18-23(25,21-14-8-6-9-15-21)22-16-10-7-11-17-22/h6-11,14-17,25H,4-5,13,19-20H2,1-3H3/q+1. The molecule has 2 nitrogen and oxygen atoms in total. The van der Waals surface area contributed by atoms with Gasteiger partial charge in [0, 0.05) is 11.1 Å². The van der Waals surface area contributed by atoms with E-state index in [0.29, 0.717) is 0 Å². The molecular weight excluding hydrogens is 306 g/mol. The van der Waals surface area contributed by atoms with Crippen LogP contribution in [-0.4, -0.2) is 36.8 Å². The van der Waals surface area contributed by atoms with Crippen LogP contribution in [-0.2, 0) is 5.60 Å². The maximum atomic E-state index is 11.3. The molecule has 2 aromatic rings. The molecule has 0 unspecified atom stereocenters. The molecular formula is C23H30NO+. The van der Waals surface area contributed by atoms with Gasteiger partial charge in [-0.2, -0.15) is 0 Å². The third-order valence-corrected chi connectivity index (χ3v) is 4.61. The lowest BCUT2D eigenvalue weighted by atomic mass is 9.87. The lowest BCUT2D eigenvalue weighted by molar-refractivity contribution is -0.890. The molecule has 0 atom stereocenters. The van der Waals surface area contributed by atoms with Crippen molar-refractivity contribution in [3.8, 4) is 11.8 Å². The normalized spacial score (nSPS) is 11.7. The number of hydrogen-bond donors (Lipinski definition) is 1. The Bertz CT molecular complexity index is 656.